The topological polar surface area (TPSA) is 32.8 Å². The first kappa shape index (κ1) is 16.4. The third-order valence-corrected chi connectivity index (χ3v) is 4.10. The Morgan fingerprint density at radius 1 is 1.16 bits per heavy atom. The van der Waals surface area contributed by atoms with Gasteiger partial charge in [0.2, 0.25) is 0 Å². The maximum atomic E-state index is 11.2. The fourth-order valence-electron chi connectivity index (χ4n) is 2.71. The molecule has 0 aromatic rings. The minimum atomic E-state index is -0.0515. The Labute approximate surface area is 118 Å². The molecule has 19 heavy (non-hydrogen) atoms. The van der Waals surface area contributed by atoms with Crippen LogP contribution >= 0.6 is 0 Å². The van der Waals surface area contributed by atoms with E-state index in [1.54, 1.807) is 0 Å². The molecule has 0 aromatic heterocycles. The standard InChI is InChI=1S/C15H30N2O2/c1-5-19-15(18)9-7-6-8-10-17-11-13(2)16(4)14(3)12-17/h13-14H,5-12H2,1-4H3. The van der Waals surface area contributed by atoms with E-state index in [0.29, 0.717) is 25.1 Å². The van der Waals surface area contributed by atoms with Gasteiger partial charge in [-0.05, 0) is 47.2 Å². The molecule has 1 saturated heterocycles. The largest absolute Gasteiger partial charge is 0.466 e. The molecule has 0 radical (unpaired) electrons. The van der Waals surface area contributed by atoms with Gasteiger partial charge in [0, 0.05) is 31.6 Å². The molecular weight excluding hydrogens is 240 g/mol. The molecule has 0 N–H and O–H groups in total. The molecule has 0 amide bonds. The fraction of sp³-hybridized carbons (Fsp3) is 0.933. The van der Waals surface area contributed by atoms with E-state index in [2.05, 4.69) is 30.7 Å². The van der Waals surface area contributed by atoms with Crippen molar-refractivity contribution in [1.82, 2.24) is 9.80 Å². The fourth-order valence-corrected chi connectivity index (χ4v) is 2.71. The number of hydrogen-bond donors (Lipinski definition) is 0. The van der Waals surface area contributed by atoms with Crippen molar-refractivity contribution in [2.75, 3.05) is 33.3 Å². The van der Waals surface area contributed by atoms with Crippen LogP contribution in [-0.4, -0.2) is 61.1 Å². The van der Waals surface area contributed by atoms with Crippen molar-refractivity contribution in [3.63, 3.8) is 0 Å². The second-order valence-electron chi connectivity index (χ2n) is 5.74. The van der Waals surface area contributed by atoms with Gasteiger partial charge in [-0.15, -0.1) is 0 Å². The Balaban J connectivity index is 2.08. The van der Waals surface area contributed by atoms with Crippen LogP contribution in [0.15, 0.2) is 0 Å². The van der Waals surface area contributed by atoms with Gasteiger partial charge in [-0.1, -0.05) is 6.42 Å². The van der Waals surface area contributed by atoms with Crippen LogP contribution in [-0.2, 0) is 9.53 Å². The molecule has 112 valence electrons. The lowest BCUT2D eigenvalue weighted by Gasteiger charge is -2.42. The van der Waals surface area contributed by atoms with E-state index in [1.165, 1.54) is 19.5 Å². The molecule has 2 unspecified atom stereocenters. The molecular formula is C15H30N2O2. The molecule has 2 atom stereocenters. The van der Waals surface area contributed by atoms with Crippen LogP contribution in [0.1, 0.15) is 46.5 Å². The second kappa shape index (κ2) is 8.54. The zero-order valence-corrected chi connectivity index (χ0v) is 13.0. The summed E-state index contributed by atoms with van der Waals surface area (Å²) in [4.78, 5) is 16.2. The van der Waals surface area contributed by atoms with Crippen LogP contribution in [0, 0.1) is 0 Å². The quantitative estimate of drug-likeness (QED) is 0.524. The molecule has 4 nitrogen and oxygen atoms in total. The molecule has 1 aliphatic rings. The van der Waals surface area contributed by atoms with Crippen LogP contribution < -0.4 is 0 Å². The van der Waals surface area contributed by atoms with Crippen LogP contribution in [0.3, 0.4) is 0 Å². The number of carbonyl (C=O) groups excluding carboxylic acids is 1. The van der Waals surface area contributed by atoms with Gasteiger partial charge in [0.1, 0.15) is 0 Å². The summed E-state index contributed by atoms with van der Waals surface area (Å²) in [5.41, 5.74) is 0. The third-order valence-electron chi connectivity index (χ3n) is 4.10. The Hall–Kier alpha value is -0.610. The number of unbranched alkanes of at least 4 members (excludes halogenated alkanes) is 2. The van der Waals surface area contributed by atoms with Crippen molar-refractivity contribution in [3.8, 4) is 0 Å². The van der Waals surface area contributed by atoms with Crippen molar-refractivity contribution in [2.24, 2.45) is 0 Å². The lowest BCUT2D eigenvalue weighted by Crippen LogP contribution is -2.54. The van der Waals surface area contributed by atoms with E-state index in [4.69, 9.17) is 4.74 Å². The number of ether oxygens (including phenoxy) is 1. The number of hydrogen-bond acceptors (Lipinski definition) is 4. The summed E-state index contributed by atoms with van der Waals surface area (Å²) in [6.45, 7) is 10.4. The van der Waals surface area contributed by atoms with Gasteiger partial charge in [0.15, 0.2) is 0 Å². The molecule has 1 aliphatic heterocycles. The van der Waals surface area contributed by atoms with Crippen LogP contribution in [0.4, 0.5) is 0 Å². The van der Waals surface area contributed by atoms with Crippen molar-refractivity contribution < 1.29 is 9.53 Å². The van der Waals surface area contributed by atoms with Crippen LogP contribution in [0.5, 0.6) is 0 Å². The number of likely N-dealkylation sites (N-methyl/N-ethyl adjacent to an activating group) is 1. The maximum Gasteiger partial charge on any atom is 0.305 e. The summed E-state index contributed by atoms with van der Waals surface area (Å²) < 4.78 is 4.92. The molecule has 0 bridgehead atoms. The lowest BCUT2D eigenvalue weighted by molar-refractivity contribution is -0.143. The van der Waals surface area contributed by atoms with Crippen LogP contribution in [0.25, 0.3) is 0 Å². The maximum absolute atomic E-state index is 11.2. The van der Waals surface area contributed by atoms with E-state index in [-0.39, 0.29) is 5.97 Å². The Morgan fingerprint density at radius 3 is 2.37 bits per heavy atom. The smallest absolute Gasteiger partial charge is 0.305 e. The first-order valence-corrected chi connectivity index (χ1v) is 7.64. The van der Waals surface area contributed by atoms with E-state index >= 15 is 0 Å². The highest BCUT2D eigenvalue weighted by atomic mass is 16.5. The molecule has 4 heteroatoms. The average Bonchev–Trinajstić information content (AvgIpc) is 2.35. The van der Waals surface area contributed by atoms with Gasteiger partial charge in [-0.2, -0.15) is 0 Å². The normalized spacial score (nSPS) is 25.5. The minimum absolute atomic E-state index is 0.0515. The van der Waals surface area contributed by atoms with E-state index < -0.39 is 0 Å². The molecule has 1 rings (SSSR count). The Morgan fingerprint density at radius 2 is 1.79 bits per heavy atom. The Bertz CT molecular complexity index is 259. The van der Waals surface area contributed by atoms with E-state index in [9.17, 15) is 4.79 Å². The van der Waals surface area contributed by atoms with Gasteiger partial charge < -0.3 is 9.64 Å². The first-order chi connectivity index (χ1) is 9.04. The second-order valence-corrected chi connectivity index (χ2v) is 5.74. The van der Waals surface area contributed by atoms with Crippen molar-refractivity contribution in [3.05, 3.63) is 0 Å². The van der Waals surface area contributed by atoms with Crippen LogP contribution in [0.2, 0.25) is 0 Å². The highest BCUT2D eigenvalue weighted by molar-refractivity contribution is 5.69. The van der Waals surface area contributed by atoms with Crippen molar-refractivity contribution >= 4 is 5.97 Å². The molecule has 1 fully saturated rings. The summed E-state index contributed by atoms with van der Waals surface area (Å²) >= 11 is 0. The molecule has 0 spiro atoms. The summed E-state index contributed by atoms with van der Waals surface area (Å²) in [6, 6.07) is 1.28. The SMILES string of the molecule is CCOC(=O)CCCCCN1CC(C)N(C)C(C)C1. The van der Waals surface area contributed by atoms with Crippen molar-refractivity contribution in [1.29, 1.82) is 0 Å². The molecule has 0 aliphatic carbocycles. The predicted molar refractivity (Wildman–Crippen MR) is 78.2 cm³/mol. The molecule has 1 heterocycles. The zero-order valence-electron chi connectivity index (χ0n) is 13.0. The monoisotopic (exact) mass is 270 g/mol. The highest BCUT2D eigenvalue weighted by Crippen LogP contribution is 2.14. The molecule has 0 aromatic carbocycles. The summed E-state index contributed by atoms with van der Waals surface area (Å²) in [5, 5.41) is 0. The zero-order chi connectivity index (χ0) is 14.3. The first-order valence-electron chi connectivity index (χ1n) is 7.64. The number of rotatable bonds is 7. The number of nitrogens with zero attached hydrogens (tertiary/aromatic N) is 2. The van der Waals surface area contributed by atoms with Gasteiger partial charge >= 0.3 is 5.97 Å². The average molecular weight is 270 g/mol. The minimum Gasteiger partial charge on any atom is -0.466 e. The number of esters is 1. The Kier molecular flexibility index (Phi) is 7.39. The van der Waals surface area contributed by atoms with Gasteiger partial charge in [0.05, 0.1) is 6.61 Å². The predicted octanol–water partition coefficient (Wildman–Crippen LogP) is 2.13. The summed E-state index contributed by atoms with van der Waals surface area (Å²) in [6.07, 6.45) is 3.83. The van der Waals surface area contributed by atoms with Gasteiger partial charge in [-0.3, -0.25) is 9.69 Å². The van der Waals surface area contributed by atoms with E-state index in [1.807, 2.05) is 6.92 Å². The van der Waals surface area contributed by atoms with E-state index in [0.717, 1.165) is 19.4 Å². The number of piperazine rings is 1. The summed E-state index contributed by atoms with van der Waals surface area (Å²) in [7, 11) is 2.21. The number of carbonyl (C=O) groups is 1. The van der Waals surface area contributed by atoms with Crippen molar-refractivity contribution in [2.45, 2.75) is 58.5 Å². The molecule has 0 saturated carbocycles. The summed E-state index contributed by atoms with van der Waals surface area (Å²) in [5.74, 6) is -0.0515. The lowest BCUT2D eigenvalue weighted by atomic mass is 10.1. The van der Waals surface area contributed by atoms with Gasteiger partial charge in [-0.25, -0.2) is 0 Å². The third kappa shape index (κ3) is 5.91. The van der Waals surface area contributed by atoms with Gasteiger partial charge in [0.25, 0.3) is 0 Å². The highest BCUT2D eigenvalue weighted by Gasteiger charge is 2.25.